The maximum absolute atomic E-state index is 2.53. The van der Waals surface area contributed by atoms with Crippen LogP contribution in [0.25, 0.3) is 0 Å². The molecule has 0 spiro atoms. The van der Waals surface area contributed by atoms with Crippen molar-refractivity contribution in [3.05, 3.63) is 69.3 Å². The van der Waals surface area contributed by atoms with Gasteiger partial charge in [0, 0.05) is 0 Å². The van der Waals surface area contributed by atoms with Gasteiger partial charge in [0.2, 0.25) is 0 Å². The molecular formula is C35H56. The Balaban J connectivity index is 2.77. The normalized spacial score (nSPS) is 14.9. The predicted molar refractivity (Wildman–Crippen MR) is 159 cm³/mol. The van der Waals surface area contributed by atoms with Crippen molar-refractivity contribution < 1.29 is 0 Å². The van der Waals surface area contributed by atoms with Gasteiger partial charge < -0.3 is 0 Å². The monoisotopic (exact) mass is 476 g/mol. The SMILES string of the molecule is CC(Cc1cc(C(C)(C)C)cc(C(C)(C)C)c1C(C)(C)C)c1ccc(C(C)(C)C)cc1C(C)(C)C. The average Bonchev–Trinajstić information content (AvgIpc) is 2.63. The zero-order chi connectivity index (χ0) is 27.4. The van der Waals surface area contributed by atoms with Crippen LogP contribution in [-0.2, 0) is 33.5 Å². The zero-order valence-electron chi connectivity index (χ0n) is 26.2. The van der Waals surface area contributed by atoms with Gasteiger partial charge in [-0.2, -0.15) is 0 Å². The standard InChI is InChI=1S/C35H56/c1-23(27-18-17-25(31(2,3)4)21-28(27)33(8,9)10)19-24-20-26(32(5,6)7)22-29(34(11,12)13)30(24)35(14,15)16/h17-18,20-23H,19H2,1-16H3. The Kier molecular flexibility index (Phi) is 7.96. The molecule has 1 unspecified atom stereocenters. The second-order valence-electron chi connectivity index (χ2n) is 16.2. The van der Waals surface area contributed by atoms with Gasteiger partial charge in [0.1, 0.15) is 0 Å². The molecule has 0 aliphatic rings. The average molecular weight is 477 g/mol. The van der Waals surface area contributed by atoms with Gasteiger partial charge >= 0.3 is 0 Å². The second-order valence-corrected chi connectivity index (χ2v) is 16.2. The number of rotatable bonds is 3. The fraction of sp³-hybridized carbons (Fsp3) is 0.657. The van der Waals surface area contributed by atoms with E-state index in [9.17, 15) is 0 Å². The van der Waals surface area contributed by atoms with Crippen LogP contribution < -0.4 is 0 Å². The van der Waals surface area contributed by atoms with Crippen molar-refractivity contribution in [2.75, 3.05) is 0 Å². The van der Waals surface area contributed by atoms with E-state index in [1.54, 1.807) is 5.56 Å². The largest absolute Gasteiger partial charge is 0.0582 e. The molecular weight excluding hydrogens is 420 g/mol. The summed E-state index contributed by atoms with van der Waals surface area (Å²) in [6.07, 6.45) is 1.07. The Bertz CT molecular complexity index is 1030. The smallest absolute Gasteiger partial charge is 0.0126 e. The Morgan fingerprint density at radius 1 is 0.514 bits per heavy atom. The first-order valence-electron chi connectivity index (χ1n) is 13.8. The second kappa shape index (κ2) is 9.39. The van der Waals surface area contributed by atoms with Gasteiger partial charge in [0.15, 0.2) is 0 Å². The van der Waals surface area contributed by atoms with Gasteiger partial charge in [-0.3, -0.25) is 0 Å². The summed E-state index contributed by atoms with van der Waals surface area (Å²) in [5.74, 6) is 0.447. The molecule has 0 N–H and O–H groups in total. The van der Waals surface area contributed by atoms with Crippen molar-refractivity contribution in [1.82, 2.24) is 0 Å². The van der Waals surface area contributed by atoms with Crippen LogP contribution in [0.5, 0.6) is 0 Å². The lowest BCUT2D eigenvalue weighted by molar-refractivity contribution is 0.513. The van der Waals surface area contributed by atoms with E-state index in [1.807, 2.05) is 0 Å². The Hall–Kier alpha value is -1.56. The summed E-state index contributed by atoms with van der Waals surface area (Å²) in [6, 6.07) is 12.3. The highest BCUT2D eigenvalue weighted by Gasteiger charge is 2.31. The van der Waals surface area contributed by atoms with E-state index < -0.39 is 0 Å². The number of benzene rings is 2. The van der Waals surface area contributed by atoms with E-state index in [-0.39, 0.29) is 27.1 Å². The first-order valence-corrected chi connectivity index (χ1v) is 13.8. The summed E-state index contributed by atoms with van der Waals surface area (Å²) in [6.45, 7) is 37.8. The van der Waals surface area contributed by atoms with E-state index >= 15 is 0 Å². The van der Waals surface area contributed by atoms with Crippen molar-refractivity contribution in [2.45, 2.75) is 150 Å². The van der Waals surface area contributed by atoms with Crippen LogP contribution in [-0.4, -0.2) is 0 Å². The first-order chi connectivity index (χ1) is 15.4. The predicted octanol–water partition coefficient (Wildman–Crippen LogP) is 10.5. The number of hydrogen-bond donors (Lipinski definition) is 0. The summed E-state index contributed by atoms with van der Waals surface area (Å²) in [5, 5.41) is 0. The quantitative estimate of drug-likeness (QED) is 0.413. The molecule has 0 heteroatoms. The summed E-state index contributed by atoms with van der Waals surface area (Å²) in [4.78, 5) is 0. The molecule has 0 aliphatic heterocycles. The van der Waals surface area contributed by atoms with Crippen molar-refractivity contribution in [3.63, 3.8) is 0 Å². The minimum absolute atomic E-state index is 0.0943. The fourth-order valence-corrected chi connectivity index (χ4v) is 5.32. The van der Waals surface area contributed by atoms with E-state index in [2.05, 4.69) is 141 Å². The van der Waals surface area contributed by atoms with Gasteiger partial charge in [-0.05, 0) is 78.4 Å². The van der Waals surface area contributed by atoms with E-state index in [1.165, 1.54) is 33.4 Å². The van der Waals surface area contributed by atoms with Crippen molar-refractivity contribution in [3.8, 4) is 0 Å². The number of hydrogen-bond acceptors (Lipinski definition) is 0. The van der Waals surface area contributed by atoms with E-state index in [4.69, 9.17) is 0 Å². The van der Waals surface area contributed by atoms with Crippen LogP contribution in [0, 0.1) is 0 Å². The molecule has 0 radical (unpaired) electrons. The molecule has 0 saturated carbocycles. The van der Waals surface area contributed by atoms with Crippen molar-refractivity contribution in [1.29, 1.82) is 0 Å². The lowest BCUT2D eigenvalue weighted by Crippen LogP contribution is -2.27. The van der Waals surface area contributed by atoms with Crippen molar-refractivity contribution >= 4 is 0 Å². The lowest BCUT2D eigenvalue weighted by Gasteiger charge is -2.36. The third kappa shape index (κ3) is 7.02. The summed E-state index contributed by atoms with van der Waals surface area (Å²) >= 11 is 0. The van der Waals surface area contributed by atoms with Gasteiger partial charge in [-0.25, -0.2) is 0 Å². The highest BCUT2D eigenvalue weighted by molar-refractivity contribution is 5.49. The van der Waals surface area contributed by atoms with Gasteiger partial charge in [-0.1, -0.05) is 141 Å². The molecule has 35 heavy (non-hydrogen) atoms. The summed E-state index contributed by atoms with van der Waals surface area (Å²) in [5.41, 5.74) is 11.1. The topological polar surface area (TPSA) is 0 Å². The highest BCUT2D eigenvalue weighted by atomic mass is 14.4. The van der Waals surface area contributed by atoms with Crippen molar-refractivity contribution in [2.24, 2.45) is 0 Å². The lowest BCUT2D eigenvalue weighted by atomic mass is 9.69. The first kappa shape index (κ1) is 29.7. The Morgan fingerprint density at radius 3 is 1.37 bits per heavy atom. The molecule has 0 heterocycles. The van der Waals surface area contributed by atoms with Crippen LogP contribution in [0.2, 0.25) is 0 Å². The molecule has 0 fully saturated rings. The molecule has 0 aromatic heterocycles. The minimum atomic E-state index is 0.0943. The minimum Gasteiger partial charge on any atom is -0.0582 e. The molecule has 2 rings (SSSR count). The van der Waals surface area contributed by atoms with Crippen LogP contribution >= 0.6 is 0 Å². The Morgan fingerprint density at radius 2 is 0.971 bits per heavy atom. The molecule has 2 aromatic carbocycles. The van der Waals surface area contributed by atoms with Crippen LogP contribution in [0.4, 0.5) is 0 Å². The molecule has 2 aromatic rings. The molecule has 0 nitrogen and oxygen atoms in total. The van der Waals surface area contributed by atoms with Crippen LogP contribution in [0.15, 0.2) is 30.3 Å². The Labute approximate surface area is 219 Å². The van der Waals surface area contributed by atoms with E-state index in [0.717, 1.165) is 6.42 Å². The maximum atomic E-state index is 2.53. The molecule has 0 amide bonds. The zero-order valence-corrected chi connectivity index (χ0v) is 26.2. The van der Waals surface area contributed by atoms with Gasteiger partial charge in [0.25, 0.3) is 0 Å². The third-order valence-corrected chi connectivity index (χ3v) is 7.43. The maximum Gasteiger partial charge on any atom is -0.0126 e. The highest BCUT2D eigenvalue weighted by Crippen LogP contribution is 2.42. The molecule has 0 saturated heterocycles. The summed E-state index contributed by atoms with van der Waals surface area (Å²) in [7, 11) is 0. The molecule has 196 valence electrons. The van der Waals surface area contributed by atoms with Gasteiger partial charge in [-0.15, -0.1) is 0 Å². The molecule has 0 bridgehead atoms. The molecule has 0 aliphatic carbocycles. The fourth-order valence-electron chi connectivity index (χ4n) is 5.32. The third-order valence-electron chi connectivity index (χ3n) is 7.43. The molecule has 1 atom stereocenters. The van der Waals surface area contributed by atoms with Gasteiger partial charge in [0.05, 0.1) is 0 Å². The van der Waals surface area contributed by atoms with Crippen LogP contribution in [0.1, 0.15) is 156 Å². The summed E-state index contributed by atoms with van der Waals surface area (Å²) < 4.78 is 0. The van der Waals surface area contributed by atoms with Crippen LogP contribution in [0.3, 0.4) is 0 Å². The van der Waals surface area contributed by atoms with E-state index in [0.29, 0.717) is 5.92 Å².